The third-order valence-electron chi connectivity index (χ3n) is 2.63. The first-order chi connectivity index (χ1) is 7.88. The summed E-state index contributed by atoms with van der Waals surface area (Å²) in [5.41, 5.74) is 5.54. The smallest absolute Gasteiger partial charge is 0.332 e. The molecule has 0 unspecified atom stereocenters. The second-order valence-electron chi connectivity index (χ2n) is 3.90. The van der Waals surface area contributed by atoms with Crippen LogP contribution in [0.1, 0.15) is 6.92 Å². The summed E-state index contributed by atoms with van der Waals surface area (Å²) in [6.45, 7) is 0.740. The van der Waals surface area contributed by atoms with E-state index in [1.165, 1.54) is 6.92 Å². The fraction of sp³-hybridized carbons (Fsp3) is 0.889. The van der Waals surface area contributed by atoms with Crippen LogP contribution in [0.5, 0.6) is 0 Å². The van der Waals surface area contributed by atoms with E-state index in [4.69, 9.17) is 25.4 Å². The lowest BCUT2D eigenvalue weighted by atomic mass is 9.97. The molecule has 6 atom stereocenters. The Morgan fingerprint density at radius 1 is 1.53 bits per heavy atom. The number of carboxylic acids is 1. The van der Waals surface area contributed by atoms with E-state index in [1.807, 2.05) is 0 Å². The quantitative estimate of drug-likeness (QED) is 0.361. The van der Waals surface area contributed by atoms with Gasteiger partial charge in [-0.25, -0.2) is 4.79 Å². The molecule has 0 aromatic rings. The Labute approximate surface area is 97.6 Å². The highest BCUT2D eigenvalue weighted by molar-refractivity contribution is 5.71. The highest BCUT2D eigenvalue weighted by atomic mass is 16.6. The van der Waals surface area contributed by atoms with Crippen molar-refractivity contribution in [3.05, 3.63) is 0 Å². The fourth-order valence-electron chi connectivity index (χ4n) is 1.57. The van der Waals surface area contributed by atoms with Crippen LogP contribution in [0, 0.1) is 0 Å². The zero-order valence-electron chi connectivity index (χ0n) is 9.26. The van der Waals surface area contributed by atoms with Crippen LogP contribution in [0.3, 0.4) is 0 Å². The lowest BCUT2D eigenvalue weighted by molar-refractivity contribution is -0.262. The van der Waals surface area contributed by atoms with E-state index in [0.29, 0.717) is 0 Å². The molecule has 0 aromatic carbocycles. The zero-order chi connectivity index (χ0) is 13.2. The van der Waals surface area contributed by atoms with E-state index >= 15 is 0 Å². The largest absolute Gasteiger partial charge is 0.479 e. The Balaban J connectivity index is 2.74. The van der Waals surface area contributed by atoms with Crippen molar-refractivity contribution in [3.8, 4) is 0 Å². The second kappa shape index (κ2) is 5.71. The Bertz CT molecular complexity index is 274. The number of ether oxygens (including phenoxy) is 2. The molecule has 8 heteroatoms. The summed E-state index contributed by atoms with van der Waals surface area (Å²) in [5, 5.41) is 36.8. The highest BCUT2D eigenvalue weighted by Gasteiger charge is 2.44. The number of hydrogen-bond acceptors (Lipinski definition) is 7. The van der Waals surface area contributed by atoms with Crippen molar-refractivity contribution in [3.63, 3.8) is 0 Å². The lowest BCUT2D eigenvalue weighted by Gasteiger charge is -2.41. The van der Waals surface area contributed by atoms with E-state index in [9.17, 15) is 15.0 Å². The fourth-order valence-corrected chi connectivity index (χ4v) is 1.57. The van der Waals surface area contributed by atoms with Crippen LogP contribution < -0.4 is 5.73 Å². The molecular weight excluding hydrogens is 234 g/mol. The topological polar surface area (TPSA) is 142 Å². The van der Waals surface area contributed by atoms with Gasteiger partial charge in [-0.2, -0.15) is 0 Å². The molecule has 0 saturated carbocycles. The van der Waals surface area contributed by atoms with E-state index < -0.39 is 49.3 Å². The molecule has 0 aromatic heterocycles. The average molecular weight is 251 g/mol. The number of rotatable bonds is 4. The predicted octanol–water partition coefficient (Wildman–Crippen LogP) is -2.76. The van der Waals surface area contributed by atoms with Crippen LogP contribution in [0.15, 0.2) is 0 Å². The van der Waals surface area contributed by atoms with Gasteiger partial charge in [-0.15, -0.1) is 0 Å². The lowest BCUT2D eigenvalue weighted by Crippen LogP contribution is -2.63. The summed E-state index contributed by atoms with van der Waals surface area (Å²) in [4.78, 5) is 10.6. The molecule has 0 radical (unpaired) electrons. The van der Waals surface area contributed by atoms with Crippen molar-refractivity contribution in [2.24, 2.45) is 5.73 Å². The molecule has 100 valence electrons. The number of hydrogen-bond donors (Lipinski definition) is 5. The molecule has 0 amide bonds. The molecule has 6 N–H and O–H groups in total. The summed E-state index contributed by atoms with van der Waals surface area (Å²) >= 11 is 0. The Hall–Kier alpha value is -0.770. The SMILES string of the molecule is C[C@@H](O[C@@H]1[C@H](N)[C@H](O)O[C@H](CO)[C@@H]1O)C(=O)O. The number of nitrogens with two attached hydrogens (primary N) is 1. The molecule has 1 rings (SSSR count). The first kappa shape index (κ1) is 14.3. The van der Waals surface area contributed by atoms with Gasteiger partial charge in [0, 0.05) is 0 Å². The van der Waals surface area contributed by atoms with Crippen molar-refractivity contribution < 1.29 is 34.7 Å². The van der Waals surface area contributed by atoms with Gasteiger partial charge in [-0.3, -0.25) is 0 Å². The predicted molar refractivity (Wildman–Crippen MR) is 53.9 cm³/mol. The number of carboxylic acid groups (broad SMARTS) is 1. The third-order valence-corrected chi connectivity index (χ3v) is 2.63. The molecular formula is C9H17NO7. The van der Waals surface area contributed by atoms with Gasteiger partial charge >= 0.3 is 5.97 Å². The number of carbonyl (C=O) groups is 1. The van der Waals surface area contributed by atoms with Gasteiger partial charge in [0.05, 0.1) is 12.6 Å². The summed E-state index contributed by atoms with van der Waals surface area (Å²) in [6, 6.07) is -1.09. The molecule has 1 aliphatic heterocycles. The molecule has 1 aliphatic rings. The van der Waals surface area contributed by atoms with Crippen molar-refractivity contribution in [2.45, 2.75) is 43.7 Å². The minimum Gasteiger partial charge on any atom is -0.479 e. The first-order valence-electron chi connectivity index (χ1n) is 5.14. The van der Waals surface area contributed by atoms with Gasteiger partial charge in [0.25, 0.3) is 0 Å². The van der Waals surface area contributed by atoms with Crippen molar-refractivity contribution in [1.82, 2.24) is 0 Å². The number of aliphatic hydroxyl groups is 3. The van der Waals surface area contributed by atoms with Crippen LogP contribution in [0.4, 0.5) is 0 Å². The van der Waals surface area contributed by atoms with Gasteiger partial charge in [0.2, 0.25) is 0 Å². The molecule has 0 bridgehead atoms. The standard InChI is InChI=1S/C9H17NO7/c1-3(8(13)14)16-7-5(10)9(15)17-4(2-11)6(7)12/h3-7,9,11-12,15H,2,10H2,1H3,(H,13,14)/t3-,4-,5+,6+,7-,9-/m1/s1. The van der Waals surface area contributed by atoms with Crippen LogP contribution in [-0.4, -0.2) is 69.8 Å². The van der Waals surface area contributed by atoms with Crippen LogP contribution in [-0.2, 0) is 14.3 Å². The molecule has 1 fully saturated rings. The maximum Gasteiger partial charge on any atom is 0.332 e. The normalized spacial score (nSPS) is 39.9. The first-order valence-corrected chi connectivity index (χ1v) is 5.14. The summed E-state index contributed by atoms with van der Waals surface area (Å²) in [7, 11) is 0. The van der Waals surface area contributed by atoms with E-state index in [-0.39, 0.29) is 0 Å². The zero-order valence-corrected chi connectivity index (χ0v) is 9.26. The van der Waals surface area contributed by atoms with E-state index in [1.54, 1.807) is 0 Å². The van der Waals surface area contributed by atoms with Crippen LogP contribution in [0.2, 0.25) is 0 Å². The molecule has 0 aliphatic carbocycles. The van der Waals surface area contributed by atoms with E-state index in [0.717, 1.165) is 0 Å². The summed E-state index contributed by atoms with van der Waals surface area (Å²) in [6.07, 6.45) is -6.11. The van der Waals surface area contributed by atoms with Gasteiger partial charge in [0.15, 0.2) is 12.4 Å². The maximum atomic E-state index is 10.6. The second-order valence-corrected chi connectivity index (χ2v) is 3.90. The van der Waals surface area contributed by atoms with Gasteiger partial charge in [0.1, 0.15) is 18.3 Å². The number of aliphatic hydroxyl groups excluding tert-OH is 3. The minimum atomic E-state index is -1.43. The third kappa shape index (κ3) is 3.12. The van der Waals surface area contributed by atoms with Crippen LogP contribution in [0.25, 0.3) is 0 Å². The van der Waals surface area contributed by atoms with Gasteiger partial charge in [-0.05, 0) is 6.92 Å². The van der Waals surface area contributed by atoms with Crippen molar-refractivity contribution >= 4 is 5.97 Å². The molecule has 17 heavy (non-hydrogen) atoms. The average Bonchev–Trinajstić information content (AvgIpc) is 2.28. The minimum absolute atomic E-state index is 0.535. The van der Waals surface area contributed by atoms with E-state index in [2.05, 4.69) is 0 Å². The molecule has 1 saturated heterocycles. The summed E-state index contributed by atoms with van der Waals surface area (Å²) < 4.78 is 9.89. The molecule has 8 nitrogen and oxygen atoms in total. The van der Waals surface area contributed by atoms with Crippen molar-refractivity contribution in [2.75, 3.05) is 6.61 Å². The number of aliphatic carboxylic acids is 1. The highest BCUT2D eigenvalue weighted by Crippen LogP contribution is 2.22. The molecule has 0 spiro atoms. The van der Waals surface area contributed by atoms with Crippen LogP contribution >= 0.6 is 0 Å². The Kier molecular flexibility index (Phi) is 4.80. The molecule has 1 heterocycles. The Morgan fingerprint density at radius 2 is 2.12 bits per heavy atom. The van der Waals surface area contributed by atoms with Crippen molar-refractivity contribution in [1.29, 1.82) is 0 Å². The van der Waals surface area contributed by atoms with Gasteiger partial charge in [-0.1, -0.05) is 0 Å². The monoisotopic (exact) mass is 251 g/mol. The Morgan fingerprint density at radius 3 is 2.59 bits per heavy atom. The van der Waals surface area contributed by atoms with Gasteiger partial charge < -0.3 is 35.6 Å². The maximum absolute atomic E-state index is 10.6. The summed E-state index contributed by atoms with van der Waals surface area (Å²) in [5.74, 6) is -1.22.